The van der Waals surface area contributed by atoms with E-state index < -0.39 is 20.2 Å². The van der Waals surface area contributed by atoms with Gasteiger partial charge < -0.3 is 47.5 Å². The van der Waals surface area contributed by atoms with Crippen LogP contribution < -0.4 is 14.8 Å². The number of ether oxygens (including phenoxy) is 7. The zero-order chi connectivity index (χ0) is 60.8. The summed E-state index contributed by atoms with van der Waals surface area (Å²) in [5.74, 6) is 6.42. The van der Waals surface area contributed by atoms with Crippen molar-refractivity contribution in [2.24, 2.45) is 46.3 Å². The lowest BCUT2D eigenvalue weighted by Crippen LogP contribution is -2.51. The van der Waals surface area contributed by atoms with Gasteiger partial charge in [-0.15, -0.1) is 0 Å². The summed E-state index contributed by atoms with van der Waals surface area (Å²) in [6.45, 7) is 24.6. The van der Waals surface area contributed by atoms with E-state index in [-0.39, 0.29) is 55.9 Å². The lowest BCUT2D eigenvalue weighted by Gasteiger charge is -2.58. The number of alkyl carbamates (subject to hydrolysis) is 1. The van der Waals surface area contributed by atoms with Crippen LogP contribution in [-0.4, -0.2) is 109 Å². The molecule has 0 aromatic heterocycles. The molecule has 0 spiro atoms. The molecule has 3 aromatic carbocycles. The van der Waals surface area contributed by atoms with Crippen LogP contribution in [0.15, 0.2) is 90.5 Å². The van der Waals surface area contributed by atoms with Gasteiger partial charge in [0.1, 0.15) is 29.3 Å². The number of allylic oxidation sites excluding steroid dienone is 1. The number of rotatable bonds is 37. The highest BCUT2D eigenvalue weighted by atomic mass is 31.2. The van der Waals surface area contributed by atoms with E-state index in [4.69, 9.17) is 42.2 Å². The third kappa shape index (κ3) is 18.3. The smallest absolute Gasteiger partial charge is 0.407 e. The van der Waals surface area contributed by atoms with Crippen LogP contribution >= 0.6 is 8.53 Å². The molecule has 0 bridgehead atoms. The molecule has 0 heterocycles. The molecule has 4 aliphatic carbocycles. The fourth-order valence-corrected chi connectivity index (χ4v) is 17.0. The number of amides is 1. The second-order valence-electron chi connectivity index (χ2n) is 26.3. The van der Waals surface area contributed by atoms with Crippen LogP contribution in [0.4, 0.5) is 4.79 Å². The Kier molecular flexibility index (Phi) is 27.4. The number of hydrogen-bond acceptors (Lipinski definition) is 12. The maximum atomic E-state index is 13.0. The van der Waals surface area contributed by atoms with Crippen molar-refractivity contribution in [1.29, 1.82) is 5.26 Å². The summed E-state index contributed by atoms with van der Waals surface area (Å²) < 4.78 is 58.3. The van der Waals surface area contributed by atoms with Gasteiger partial charge in [0.15, 0.2) is 0 Å². The van der Waals surface area contributed by atoms with E-state index in [0.717, 1.165) is 109 Å². The summed E-state index contributed by atoms with van der Waals surface area (Å²) in [5.41, 5.74) is 3.98. The first-order chi connectivity index (χ1) is 41.1. The Morgan fingerprint density at radius 3 is 1.98 bits per heavy atom. The predicted octanol–water partition coefficient (Wildman–Crippen LogP) is 16.4. The summed E-state index contributed by atoms with van der Waals surface area (Å²) in [4.78, 5) is 13.0. The minimum atomic E-state index is -1.62. The molecular formula is C71H108N3O10P. The van der Waals surface area contributed by atoms with Gasteiger partial charge in [0, 0.05) is 31.7 Å². The Morgan fingerprint density at radius 2 is 1.34 bits per heavy atom. The molecule has 1 N–H and O–H groups in total. The van der Waals surface area contributed by atoms with E-state index in [1.165, 1.54) is 51.4 Å². The lowest BCUT2D eigenvalue weighted by atomic mass is 9.47. The fraction of sp³-hybridized carbons (Fsp3) is 0.690. The van der Waals surface area contributed by atoms with Crippen molar-refractivity contribution in [3.8, 4) is 17.6 Å². The maximum Gasteiger partial charge on any atom is 0.407 e. The Bertz CT molecular complexity index is 2430. The number of nitrogens with zero attached hydrogens (tertiary/aromatic N) is 2. The number of benzene rings is 3. The van der Waals surface area contributed by atoms with Crippen molar-refractivity contribution in [1.82, 2.24) is 9.99 Å². The van der Waals surface area contributed by atoms with Crippen molar-refractivity contribution in [2.75, 3.05) is 73.6 Å². The minimum absolute atomic E-state index is 0.0319. The lowest BCUT2D eigenvalue weighted by molar-refractivity contribution is -0.0651. The summed E-state index contributed by atoms with van der Waals surface area (Å²) >= 11 is 0. The molecule has 3 aromatic rings. The number of carbonyl (C=O) groups is 1. The van der Waals surface area contributed by atoms with Gasteiger partial charge >= 0.3 is 6.09 Å². The van der Waals surface area contributed by atoms with Crippen LogP contribution in [0.25, 0.3) is 0 Å². The normalized spacial score (nSPS) is 24.1. The molecule has 3 saturated carbocycles. The van der Waals surface area contributed by atoms with Gasteiger partial charge in [-0.05, 0) is 173 Å². The van der Waals surface area contributed by atoms with Crippen molar-refractivity contribution < 1.29 is 47.0 Å². The number of unbranched alkanes of at least 4 members (excludes halogenated alkanes) is 3. The van der Waals surface area contributed by atoms with Gasteiger partial charge in [-0.3, -0.25) is 0 Å². The number of methoxy groups -OCH3 is 2. The number of carbonyl (C=O) groups excluding carboxylic acids is 1. The Balaban J connectivity index is 0.814. The molecule has 0 radical (unpaired) electrons. The van der Waals surface area contributed by atoms with Crippen LogP contribution in [-0.2, 0) is 38.3 Å². The molecular weight excluding hydrogens is 1090 g/mol. The standard InChI is InChI=1S/C71H108N3O10P/c1-52(2)21-19-22-55(7)65-35-36-66-64-34-29-59-49-62(37-39-69(59,8)67(64)38-40-70(65,66)9)83-68(75)73-42-17-12-13-18-43-78-45-46-79-47-48-80-50-63(84-85(82-44-20-41-72)74(53(3)4)54(5)6)51-81-71(56-23-15-14-16-24-56,57-25-30-60(76-10)31-26-57)58-27-32-61(77-11)33-28-58/h14-16,23-33,52-55,62-67H,12-13,17-22,34-40,42-51H2,1-11H3,(H,73,75)/t55-,62+,63+,64?,65?,66?,67?,69+,70-,85?/m1/s1. The molecule has 10 atom stereocenters. The van der Waals surface area contributed by atoms with Gasteiger partial charge in [0.2, 0.25) is 0 Å². The van der Waals surface area contributed by atoms with Crippen molar-refractivity contribution in [3.05, 3.63) is 107 Å². The maximum absolute atomic E-state index is 13.0. The fourth-order valence-electron chi connectivity index (χ4n) is 15.3. The second-order valence-corrected chi connectivity index (χ2v) is 27.7. The molecule has 0 aliphatic heterocycles. The average Bonchev–Trinajstić information content (AvgIpc) is 1.84. The molecule has 85 heavy (non-hydrogen) atoms. The van der Waals surface area contributed by atoms with E-state index in [0.29, 0.717) is 45.0 Å². The van der Waals surface area contributed by atoms with Crippen LogP contribution in [0.2, 0.25) is 0 Å². The third-order valence-corrected chi connectivity index (χ3v) is 21.8. The van der Waals surface area contributed by atoms with E-state index in [2.05, 4.69) is 96.6 Å². The van der Waals surface area contributed by atoms with Gasteiger partial charge in [-0.1, -0.05) is 133 Å². The summed E-state index contributed by atoms with van der Waals surface area (Å²) in [6, 6.07) is 28.5. The molecule has 0 saturated heterocycles. The summed E-state index contributed by atoms with van der Waals surface area (Å²) in [5, 5.41) is 12.5. The van der Waals surface area contributed by atoms with E-state index in [1.54, 1.807) is 19.8 Å². The van der Waals surface area contributed by atoms with E-state index in [9.17, 15) is 10.1 Å². The summed E-state index contributed by atoms with van der Waals surface area (Å²) in [7, 11) is 1.70. The number of fused-ring (bicyclic) bond motifs is 5. The zero-order valence-electron chi connectivity index (χ0n) is 54.0. The van der Waals surface area contributed by atoms with Crippen LogP contribution in [0.5, 0.6) is 11.5 Å². The van der Waals surface area contributed by atoms with E-state index in [1.807, 2.05) is 66.7 Å². The average molecular weight is 1190 g/mol. The molecule has 4 aliphatic rings. The number of hydrogen-bond donors (Lipinski definition) is 1. The highest BCUT2D eigenvalue weighted by molar-refractivity contribution is 7.44. The molecule has 14 heteroatoms. The highest BCUT2D eigenvalue weighted by Gasteiger charge is 2.59. The molecule has 3 fully saturated rings. The Hall–Kier alpha value is -4.09. The Labute approximate surface area is 514 Å². The topological polar surface area (TPSA) is 139 Å². The number of nitriles is 1. The predicted molar refractivity (Wildman–Crippen MR) is 341 cm³/mol. The van der Waals surface area contributed by atoms with Crippen molar-refractivity contribution in [3.63, 3.8) is 0 Å². The molecule has 472 valence electrons. The van der Waals surface area contributed by atoms with Crippen LogP contribution in [0.1, 0.15) is 182 Å². The van der Waals surface area contributed by atoms with Crippen molar-refractivity contribution >= 4 is 14.6 Å². The second kappa shape index (κ2) is 34.0. The van der Waals surface area contributed by atoms with Gasteiger partial charge in [0.05, 0.1) is 73.0 Å². The Morgan fingerprint density at radius 1 is 0.706 bits per heavy atom. The molecule has 13 nitrogen and oxygen atoms in total. The van der Waals surface area contributed by atoms with Crippen LogP contribution in [0.3, 0.4) is 0 Å². The summed E-state index contributed by atoms with van der Waals surface area (Å²) in [6.07, 6.45) is 19.8. The van der Waals surface area contributed by atoms with Crippen LogP contribution in [0, 0.1) is 57.7 Å². The third-order valence-electron chi connectivity index (χ3n) is 19.6. The highest BCUT2D eigenvalue weighted by Crippen LogP contribution is 2.67. The largest absolute Gasteiger partial charge is 0.497 e. The zero-order valence-corrected chi connectivity index (χ0v) is 54.9. The molecule has 5 unspecified atom stereocenters. The SMILES string of the molecule is COc1ccc(C(OC[C@H](COCCOCCOCCCCCCNC(=O)O[C@H]2CC[C@@]3(C)C(=CCC4C5CCC([C@H](C)CCCC(C)C)[C@@]5(C)CCC43)C2)OP(OCCC#N)N(C(C)C)C(C)C)(c2ccccc2)c2ccc(OC)cc2)cc1. The first kappa shape index (κ1) is 68.4. The number of nitrogens with one attached hydrogen (secondary N) is 1. The van der Waals surface area contributed by atoms with Crippen molar-refractivity contribution in [2.45, 2.75) is 195 Å². The van der Waals surface area contributed by atoms with Gasteiger partial charge in [-0.2, -0.15) is 5.26 Å². The van der Waals surface area contributed by atoms with Gasteiger partial charge in [-0.25, -0.2) is 9.46 Å². The molecule has 1 amide bonds. The first-order valence-electron chi connectivity index (χ1n) is 32.7. The van der Waals surface area contributed by atoms with E-state index >= 15 is 0 Å². The minimum Gasteiger partial charge on any atom is -0.497 e. The monoisotopic (exact) mass is 1190 g/mol. The van der Waals surface area contributed by atoms with Gasteiger partial charge in [0.25, 0.3) is 8.53 Å². The first-order valence-corrected chi connectivity index (χ1v) is 33.8. The molecule has 7 rings (SSSR count). The quantitative estimate of drug-likeness (QED) is 0.0254.